The molecule has 2 N–H and O–H groups in total. The molecule has 0 radical (unpaired) electrons. The first-order chi connectivity index (χ1) is 19.7. The van der Waals surface area contributed by atoms with Gasteiger partial charge in [-0.1, -0.05) is 68.4 Å². The van der Waals surface area contributed by atoms with Gasteiger partial charge >= 0.3 is 6.18 Å². The average Bonchev–Trinajstić information content (AvgIpc) is 3.49. The fourth-order valence-corrected chi connectivity index (χ4v) is 4.37. The predicted molar refractivity (Wildman–Crippen MR) is 148 cm³/mol. The third kappa shape index (κ3) is 6.65. The Hall–Kier alpha value is -4.87. The van der Waals surface area contributed by atoms with Crippen molar-refractivity contribution in [3.05, 3.63) is 95.9 Å². The number of hydrogen-bond acceptors (Lipinski definition) is 7. The van der Waals surface area contributed by atoms with Crippen molar-refractivity contribution in [2.75, 3.05) is 16.8 Å². The molecule has 0 aliphatic carbocycles. The lowest BCUT2D eigenvalue weighted by Gasteiger charge is -2.27. The van der Waals surface area contributed by atoms with E-state index in [2.05, 4.69) is 49.7 Å². The molecular formula is C29H26F4N8. The number of aromatic amines is 1. The van der Waals surface area contributed by atoms with E-state index in [0.29, 0.717) is 53.3 Å². The van der Waals surface area contributed by atoms with Crippen LogP contribution in [0.15, 0.2) is 78.9 Å². The maximum atomic E-state index is 14.7. The Bertz CT molecular complexity index is 1610. The molecule has 12 heteroatoms. The summed E-state index contributed by atoms with van der Waals surface area (Å²) in [5.41, 5.74) is 1.91. The summed E-state index contributed by atoms with van der Waals surface area (Å²) in [4.78, 5) is 10.5. The van der Waals surface area contributed by atoms with Gasteiger partial charge in [0.05, 0.1) is 5.69 Å². The molecule has 0 atom stereocenters. The summed E-state index contributed by atoms with van der Waals surface area (Å²) in [6.07, 6.45) is -4.73. The number of benzene rings is 2. The number of alkyl halides is 3. The number of aromatic nitrogens is 6. The van der Waals surface area contributed by atoms with Crippen LogP contribution < -0.4 is 10.2 Å². The maximum absolute atomic E-state index is 14.7. The van der Waals surface area contributed by atoms with Crippen LogP contribution in [0.25, 0.3) is 22.6 Å². The van der Waals surface area contributed by atoms with Gasteiger partial charge in [0, 0.05) is 36.0 Å². The first-order valence-electron chi connectivity index (χ1n) is 12.8. The van der Waals surface area contributed by atoms with Crippen LogP contribution in [-0.4, -0.2) is 37.1 Å². The lowest BCUT2D eigenvalue weighted by atomic mass is 10.0. The van der Waals surface area contributed by atoms with Crippen molar-refractivity contribution in [1.82, 2.24) is 30.6 Å². The van der Waals surface area contributed by atoms with E-state index in [1.165, 1.54) is 0 Å². The monoisotopic (exact) mass is 562 g/mol. The number of H-pyrrole nitrogens is 1. The molecule has 5 aromatic rings. The van der Waals surface area contributed by atoms with Gasteiger partial charge in [-0.3, -0.25) is 0 Å². The number of halogens is 4. The van der Waals surface area contributed by atoms with E-state index in [4.69, 9.17) is 4.98 Å². The smallest absolute Gasteiger partial charge is 0.352 e. The summed E-state index contributed by atoms with van der Waals surface area (Å²) in [5, 5.41) is 17.0. The Labute approximate surface area is 233 Å². The zero-order valence-corrected chi connectivity index (χ0v) is 22.2. The summed E-state index contributed by atoms with van der Waals surface area (Å²) in [5.74, 6) is -0.329. The van der Waals surface area contributed by atoms with Crippen LogP contribution in [-0.2, 0) is 12.7 Å². The van der Waals surface area contributed by atoms with Crippen LogP contribution in [0.1, 0.15) is 25.1 Å². The Morgan fingerprint density at radius 2 is 1.63 bits per heavy atom. The highest BCUT2D eigenvalue weighted by Crippen LogP contribution is 2.35. The van der Waals surface area contributed by atoms with Crippen molar-refractivity contribution in [2.24, 2.45) is 5.92 Å². The molecular weight excluding hydrogens is 536 g/mol. The van der Waals surface area contributed by atoms with Gasteiger partial charge < -0.3 is 10.2 Å². The van der Waals surface area contributed by atoms with Gasteiger partial charge in [-0.15, -0.1) is 10.2 Å². The van der Waals surface area contributed by atoms with Crippen LogP contribution in [0.4, 0.5) is 34.9 Å². The van der Waals surface area contributed by atoms with Gasteiger partial charge in [0.2, 0.25) is 5.82 Å². The third-order valence-corrected chi connectivity index (χ3v) is 6.13. The molecule has 0 spiro atoms. The van der Waals surface area contributed by atoms with Gasteiger partial charge in [-0.25, -0.2) is 14.4 Å². The molecule has 41 heavy (non-hydrogen) atoms. The highest BCUT2D eigenvalue weighted by molar-refractivity contribution is 5.81. The average molecular weight is 563 g/mol. The van der Waals surface area contributed by atoms with Crippen LogP contribution >= 0.6 is 0 Å². The van der Waals surface area contributed by atoms with Crippen molar-refractivity contribution >= 4 is 17.3 Å². The molecule has 0 aliphatic rings. The van der Waals surface area contributed by atoms with Crippen LogP contribution in [0.3, 0.4) is 0 Å². The fourth-order valence-electron chi connectivity index (χ4n) is 4.37. The molecule has 5 rings (SSSR count). The zero-order chi connectivity index (χ0) is 29.0. The van der Waals surface area contributed by atoms with Crippen LogP contribution in [0, 0.1) is 11.7 Å². The van der Waals surface area contributed by atoms with E-state index in [9.17, 15) is 17.6 Å². The number of anilines is 3. The largest absolute Gasteiger partial charge is 0.433 e. The number of nitrogens with one attached hydrogen (secondary N) is 2. The molecule has 0 aliphatic heterocycles. The van der Waals surface area contributed by atoms with Gasteiger partial charge in [-0.05, 0) is 34.9 Å². The summed E-state index contributed by atoms with van der Waals surface area (Å²) in [7, 11) is 0. The first-order valence-corrected chi connectivity index (χ1v) is 12.8. The van der Waals surface area contributed by atoms with Gasteiger partial charge in [0.15, 0.2) is 11.6 Å². The van der Waals surface area contributed by atoms with Crippen LogP contribution in [0.5, 0.6) is 0 Å². The quantitative estimate of drug-likeness (QED) is 0.189. The number of rotatable bonds is 9. The Balaban J connectivity index is 1.64. The van der Waals surface area contributed by atoms with Crippen molar-refractivity contribution in [1.29, 1.82) is 0 Å². The molecule has 0 bridgehead atoms. The number of nitrogens with zero attached hydrogens (tertiary/aromatic N) is 6. The first kappa shape index (κ1) is 27.7. The maximum Gasteiger partial charge on any atom is 0.433 e. The molecule has 210 valence electrons. The Morgan fingerprint density at radius 3 is 2.32 bits per heavy atom. The molecule has 0 unspecified atom stereocenters. The number of tetrazole rings is 1. The molecule has 2 aromatic carbocycles. The van der Waals surface area contributed by atoms with Gasteiger partial charge in [-0.2, -0.15) is 18.4 Å². The molecule has 3 heterocycles. The van der Waals surface area contributed by atoms with Crippen molar-refractivity contribution in [3.8, 4) is 22.6 Å². The number of pyridine rings is 2. The molecule has 0 amide bonds. The fraction of sp³-hybridized carbons (Fsp3) is 0.207. The van der Waals surface area contributed by atoms with Crippen molar-refractivity contribution in [2.45, 2.75) is 26.6 Å². The van der Waals surface area contributed by atoms with Crippen molar-refractivity contribution < 1.29 is 17.6 Å². The topological polar surface area (TPSA) is 95.5 Å². The lowest BCUT2D eigenvalue weighted by Crippen LogP contribution is -2.28. The SMILES string of the molecule is CC(C)CN(Cc1ccccc1)c1cc(Nc2nc(C(F)(F)F)ccc2F)cc(-c2ccccc2-c2nn[nH]n2)n1. The standard InChI is InChI=1S/C29H26F4N8/c1-18(2)16-41(17-19-8-4-3-5-9-19)26-15-20(34-28-23(30)12-13-25(36-28)29(31,32)33)14-24(35-26)21-10-6-7-11-22(21)27-37-39-40-38-27/h3-15,18H,16-17H2,1-2H3,(H,34,35,36)(H,37,38,39,40). The number of hydrogen-bond donors (Lipinski definition) is 2. The normalized spacial score (nSPS) is 11.6. The minimum Gasteiger partial charge on any atom is -0.352 e. The van der Waals surface area contributed by atoms with Gasteiger partial charge in [0.25, 0.3) is 0 Å². The van der Waals surface area contributed by atoms with Crippen LogP contribution in [0.2, 0.25) is 0 Å². The minimum absolute atomic E-state index is 0.259. The summed E-state index contributed by atoms with van der Waals surface area (Å²) in [6.45, 7) is 5.31. The molecule has 3 aromatic heterocycles. The Kier molecular flexibility index (Phi) is 7.90. The summed E-state index contributed by atoms with van der Waals surface area (Å²) in [6, 6.07) is 21.8. The van der Waals surface area contributed by atoms with E-state index in [-0.39, 0.29) is 5.92 Å². The molecule has 0 fully saturated rings. The summed E-state index contributed by atoms with van der Waals surface area (Å²) >= 11 is 0. The summed E-state index contributed by atoms with van der Waals surface area (Å²) < 4.78 is 54.7. The van der Waals surface area contributed by atoms with E-state index >= 15 is 0 Å². The van der Waals surface area contributed by atoms with E-state index in [1.54, 1.807) is 12.1 Å². The van der Waals surface area contributed by atoms with E-state index < -0.39 is 23.5 Å². The zero-order valence-electron chi connectivity index (χ0n) is 22.2. The van der Waals surface area contributed by atoms with Gasteiger partial charge in [0.1, 0.15) is 11.5 Å². The second-order valence-electron chi connectivity index (χ2n) is 9.79. The molecule has 0 saturated heterocycles. The second-order valence-corrected chi connectivity index (χ2v) is 9.79. The lowest BCUT2D eigenvalue weighted by molar-refractivity contribution is -0.141. The predicted octanol–water partition coefficient (Wildman–Crippen LogP) is 6.89. The van der Waals surface area contributed by atoms with Crippen molar-refractivity contribution in [3.63, 3.8) is 0 Å². The van der Waals surface area contributed by atoms with E-state index in [1.807, 2.05) is 54.6 Å². The Morgan fingerprint density at radius 1 is 0.902 bits per heavy atom. The van der Waals surface area contributed by atoms with E-state index in [0.717, 1.165) is 11.6 Å². The minimum atomic E-state index is -4.73. The highest BCUT2D eigenvalue weighted by atomic mass is 19.4. The third-order valence-electron chi connectivity index (χ3n) is 6.13. The molecule has 8 nitrogen and oxygen atoms in total. The highest BCUT2D eigenvalue weighted by Gasteiger charge is 2.33. The molecule has 0 saturated carbocycles. The second kappa shape index (κ2) is 11.7.